The van der Waals surface area contributed by atoms with Gasteiger partial charge in [0.1, 0.15) is 5.75 Å². The number of aliphatic hydroxyl groups is 1. The molecule has 1 N–H and O–H groups in total. The molecule has 0 radical (unpaired) electrons. The summed E-state index contributed by atoms with van der Waals surface area (Å²) in [7, 11) is 0. The van der Waals surface area contributed by atoms with Crippen molar-refractivity contribution in [3.63, 3.8) is 0 Å². The van der Waals surface area contributed by atoms with E-state index in [4.69, 9.17) is 0 Å². The molecule has 1 aliphatic heterocycles. The zero-order chi connectivity index (χ0) is 15.8. The fourth-order valence-electron chi connectivity index (χ4n) is 3.64. The third-order valence-electron chi connectivity index (χ3n) is 4.89. The Labute approximate surface area is 127 Å². The van der Waals surface area contributed by atoms with Crippen molar-refractivity contribution in [2.75, 3.05) is 18.0 Å². The Morgan fingerprint density at radius 1 is 1.09 bits per heavy atom. The molecular formula is C16H20F3NO2. The molecule has 2 aliphatic rings. The van der Waals surface area contributed by atoms with Gasteiger partial charge in [0.25, 0.3) is 0 Å². The van der Waals surface area contributed by atoms with Crippen LogP contribution in [-0.2, 0) is 0 Å². The summed E-state index contributed by atoms with van der Waals surface area (Å²) in [6.45, 7) is 1.83. The summed E-state index contributed by atoms with van der Waals surface area (Å²) in [4.78, 5) is 2.22. The van der Waals surface area contributed by atoms with E-state index in [0.717, 1.165) is 50.9 Å². The maximum absolute atomic E-state index is 12.2. The molecule has 3 nitrogen and oxygen atoms in total. The summed E-state index contributed by atoms with van der Waals surface area (Å²) in [6, 6.07) is 6.08. The lowest BCUT2D eigenvalue weighted by Gasteiger charge is -2.35. The molecule has 1 aromatic rings. The summed E-state index contributed by atoms with van der Waals surface area (Å²) in [5, 5.41) is 9.64. The average Bonchev–Trinajstić information content (AvgIpc) is 2.86. The van der Waals surface area contributed by atoms with Gasteiger partial charge in [-0.15, -0.1) is 13.2 Å². The lowest BCUT2D eigenvalue weighted by molar-refractivity contribution is -0.274. The van der Waals surface area contributed by atoms with Gasteiger partial charge >= 0.3 is 6.36 Å². The maximum Gasteiger partial charge on any atom is 0.573 e. The molecule has 0 bridgehead atoms. The summed E-state index contributed by atoms with van der Waals surface area (Å²) < 4.78 is 40.4. The molecule has 1 saturated carbocycles. The lowest BCUT2D eigenvalue weighted by Crippen LogP contribution is -2.32. The molecule has 122 valence electrons. The molecule has 3 rings (SSSR count). The number of hydrogen-bond acceptors (Lipinski definition) is 3. The van der Waals surface area contributed by atoms with Gasteiger partial charge in [-0.2, -0.15) is 0 Å². The van der Waals surface area contributed by atoms with Gasteiger partial charge in [0.2, 0.25) is 0 Å². The number of rotatable bonds is 2. The van der Waals surface area contributed by atoms with Crippen LogP contribution >= 0.6 is 0 Å². The molecule has 6 heteroatoms. The number of ether oxygens (including phenoxy) is 1. The van der Waals surface area contributed by atoms with Crippen molar-refractivity contribution in [3.8, 4) is 5.75 Å². The van der Waals surface area contributed by atoms with Crippen molar-refractivity contribution >= 4 is 5.69 Å². The van der Waals surface area contributed by atoms with Crippen molar-refractivity contribution in [1.29, 1.82) is 0 Å². The van der Waals surface area contributed by atoms with Crippen LogP contribution < -0.4 is 9.64 Å². The first-order chi connectivity index (χ1) is 10.4. The number of benzene rings is 1. The summed E-state index contributed by atoms with van der Waals surface area (Å²) in [5.41, 5.74) is 1.19. The Morgan fingerprint density at radius 2 is 1.73 bits per heavy atom. The predicted molar refractivity (Wildman–Crippen MR) is 76.9 cm³/mol. The Balaban J connectivity index is 1.63. The van der Waals surface area contributed by atoms with Crippen molar-refractivity contribution in [1.82, 2.24) is 0 Å². The fraction of sp³-hybridized carbons (Fsp3) is 0.625. The number of nitrogens with zero attached hydrogens (tertiary/aromatic N) is 1. The van der Waals surface area contributed by atoms with Crippen LogP contribution in [0.25, 0.3) is 0 Å². The summed E-state index contributed by atoms with van der Waals surface area (Å²) in [6.07, 6.45) is 0.0273. The van der Waals surface area contributed by atoms with Crippen LogP contribution in [0.1, 0.15) is 32.1 Å². The van der Waals surface area contributed by atoms with Gasteiger partial charge in [0, 0.05) is 18.8 Å². The third kappa shape index (κ3) is 3.48. The van der Waals surface area contributed by atoms with Crippen molar-refractivity contribution < 1.29 is 23.0 Å². The van der Waals surface area contributed by atoms with E-state index in [2.05, 4.69) is 9.64 Å². The van der Waals surface area contributed by atoms with E-state index in [9.17, 15) is 18.3 Å². The first-order valence-electron chi connectivity index (χ1n) is 7.64. The first-order valence-corrected chi connectivity index (χ1v) is 7.64. The number of alkyl halides is 3. The van der Waals surface area contributed by atoms with E-state index in [1.54, 1.807) is 12.1 Å². The molecule has 1 saturated heterocycles. The molecule has 22 heavy (non-hydrogen) atoms. The van der Waals surface area contributed by atoms with Gasteiger partial charge in [0.15, 0.2) is 0 Å². The second-order valence-corrected chi connectivity index (χ2v) is 6.44. The molecule has 0 amide bonds. The van der Waals surface area contributed by atoms with Crippen LogP contribution in [0.4, 0.5) is 18.9 Å². The van der Waals surface area contributed by atoms with Crippen LogP contribution in [0.5, 0.6) is 5.75 Å². The molecule has 1 aromatic carbocycles. The molecule has 2 fully saturated rings. The second kappa shape index (κ2) is 5.65. The average molecular weight is 315 g/mol. The van der Waals surface area contributed by atoms with Crippen LogP contribution in [0.3, 0.4) is 0 Å². The van der Waals surface area contributed by atoms with Gasteiger partial charge in [-0.25, -0.2) is 0 Å². The van der Waals surface area contributed by atoms with E-state index in [-0.39, 0.29) is 17.3 Å². The highest BCUT2D eigenvalue weighted by Crippen LogP contribution is 2.45. The van der Waals surface area contributed by atoms with Gasteiger partial charge in [-0.1, -0.05) is 0 Å². The van der Waals surface area contributed by atoms with E-state index >= 15 is 0 Å². The molecule has 1 heterocycles. The standard InChI is InChI=1S/C16H20F3NO2/c17-16(18,19)22-14-3-1-12(2-4-14)20-10-9-15(11-20)7-5-13(21)6-8-15/h1-4,13,21H,5-11H2/t13-,15-. The van der Waals surface area contributed by atoms with E-state index in [1.165, 1.54) is 12.1 Å². The third-order valence-corrected chi connectivity index (χ3v) is 4.89. The largest absolute Gasteiger partial charge is 0.573 e. The molecule has 0 aromatic heterocycles. The predicted octanol–water partition coefficient (Wildman–Crippen LogP) is 3.72. The van der Waals surface area contributed by atoms with Gasteiger partial charge < -0.3 is 14.7 Å². The van der Waals surface area contributed by atoms with Gasteiger partial charge in [-0.3, -0.25) is 0 Å². The van der Waals surface area contributed by atoms with E-state index in [0.29, 0.717) is 0 Å². The van der Waals surface area contributed by atoms with Crippen molar-refractivity contribution in [2.45, 2.75) is 44.6 Å². The minimum Gasteiger partial charge on any atom is -0.406 e. The zero-order valence-electron chi connectivity index (χ0n) is 12.3. The van der Waals surface area contributed by atoms with Crippen molar-refractivity contribution in [3.05, 3.63) is 24.3 Å². The Hall–Kier alpha value is -1.43. The quantitative estimate of drug-likeness (QED) is 0.903. The molecule has 0 atom stereocenters. The Kier molecular flexibility index (Phi) is 3.97. The lowest BCUT2D eigenvalue weighted by atomic mass is 9.73. The molecular weight excluding hydrogens is 295 g/mol. The SMILES string of the molecule is O[C@H]1CC[C@@]2(CCN(c3ccc(OC(F)(F)F)cc3)C2)CC1. The zero-order valence-corrected chi connectivity index (χ0v) is 12.3. The summed E-state index contributed by atoms with van der Waals surface area (Å²) >= 11 is 0. The van der Waals surface area contributed by atoms with Crippen LogP contribution in [0.15, 0.2) is 24.3 Å². The summed E-state index contributed by atoms with van der Waals surface area (Å²) in [5.74, 6) is -0.189. The van der Waals surface area contributed by atoms with Crippen LogP contribution in [0.2, 0.25) is 0 Å². The molecule has 1 aliphatic carbocycles. The Morgan fingerprint density at radius 3 is 2.32 bits per heavy atom. The minimum atomic E-state index is -4.65. The monoisotopic (exact) mass is 315 g/mol. The van der Waals surface area contributed by atoms with Crippen LogP contribution in [-0.4, -0.2) is 30.7 Å². The minimum absolute atomic E-state index is 0.168. The smallest absolute Gasteiger partial charge is 0.406 e. The van der Waals surface area contributed by atoms with E-state index < -0.39 is 6.36 Å². The fourth-order valence-corrected chi connectivity index (χ4v) is 3.64. The highest BCUT2D eigenvalue weighted by Gasteiger charge is 2.40. The van der Waals surface area contributed by atoms with E-state index in [1.807, 2.05) is 0 Å². The van der Waals surface area contributed by atoms with Crippen LogP contribution in [0, 0.1) is 5.41 Å². The topological polar surface area (TPSA) is 32.7 Å². The highest BCUT2D eigenvalue weighted by molar-refractivity contribution is 5.50. The second-order valence-electron chi connectivity index (χ2n) is 6.44. The number of aliphatic hydroxyl groups excluding tert-OH is 1. The maximum atomic E-state index is 12.2. The van der Waals surface area contributed by atoms with Crippen molar-refractivity contribution in [2.24, 2.45) is 5.41 Å². The van der Waals surface area contributed by atoms with Gasteiger partial charge in [-0.05, 0) is 61.8 Å². The normalized spacial score (nSPS) is 29.1. The number of hydrogen-bond donors (Lipinski definition) is 1. The molecule has 1 spiro atoms. The molecule has 0 unspecified atom stereocenters. The highest BCUT2D eigenvalue weighted by atomic mass is 19.4. The first kappa shape index (κ1) is 15.5. The Bertz CT molecular complexity index is 507. The van der Waals surface area contributed by atoms with Gasteiger partial charge in [0.05, 0.1) is 6.10 Å². The number of halogens is 3. The number of anilines is 1.